The molecule has 1 N–H and O–H groups in total. The molecular weight excluding hydrogens is 352 g/mol. The topological polar surface area (TPSA) is 46.5 Å². The summed E-state index contributed by atoms with van der Waals surface area (Å²) in [7, 11) is -1.92. The minimum absolute atomic E-state index is 0.318. The first kappa shape index (κ1) is 19.1. The zero-order valence-electron chi connectivity index (χ0n) is 15.6. The molecule has 0 bridgehead atoms. The molecule has 0 spiro atoms. The van der Waals surface area contributed by atoms with Crippen molar-refractivity contribution < 1.29 is 14.3 Å². The van der Waals surface area contributed by atoms with E-state index in [4.69, 9.17) is 4.74 Å². The lowest BCUT2D eigenvalue weighted by atomic mass is 10.0. The third-order valence-corrected chi connectivity index (χ3v) is 9.27. The van der Waals surface area contributed by atoms with E-state index in [9.17, 15) is 9.59 Å². The van der Waals surface area contributed by atoms with E-state index in [0.29, 0.717) is 0 Å². The van der Waals surface area contributed by atoms with Crippen LogP contribution in [0.25, 0.3) is 0 Å². The third-order valence-electron chi connectivity index (χ3n) is 5.11. The van der Waals surface area contributed by atoms with E-state index in [1.54, 1.807) is 0 Å². The number of methoxy groups -OCH3 is 1. The van der Waals surface area contributed by atoms with E-state index in [-0.39, 0.29) is 11.5 Å². The predicted molar refractivity (Wildman–Crippen MR) is 110 cm³/mol. The Bertz CT molecular complexity index is 826. The summed E-state index contributed by atoms with van der Waals surface area (Å²) in [5.41, 5.74) is 0.563. The fourth-order valence-electron chi connectivity index (χ4n) is 3.78. The normalized spacial score (nSPS) is 13.6. The van der Waals surface area contributed by atoms with Crippen LogP contribution in [0.15, 0.2) is 91.0 Å². The second-order valence-electron chi connectivity index (χ2n) is 6.70. The van der Waals surface area contributed by atoms with Gasteiger partial charge in [0.05, 0.1) is 13.0 Å². The Hall–Kier alpha value is -2.69. The predicted octanol–water partition coefficient (Wildman–Crippen LogP) is 2.87. The molecule has 0 aliphatic rings. The summed E-state index contributed by atoms with van der Waals surface area (Å²) >= 11 is 0. The van der Waals surface area contributed by atoms with Gasteiger partial charge in [0.25, 0.3) is 8.32 Å². The van der Waals surface area contributed by atoms with Crippen LogP contribution in [0.3, 0.4) is 0 Å². The molecule has 3 rings (SSSR count). The highest BCUT2D eigenvalue weighted by atomic mass is 28.4. The summed E-state index contributed by atoms with van der Waals surface area (Å²) < 4.78 is 5.05. The molecule has 0 saturated heterocycles. The smallest absolute Gasteiger partial charge is 0.308 e. The van der Waals surface area contributed by atoms with Crippen LogP contribution in [0.2, 0.25) is 0 Å². The van der Waals surface area contributed by atoms with Crippen molar-refractivity contribution in [1.82, 2.24) is 0 Å². The summed E-state index contributed by atoms with van der Waals surface area (Å²) in [5.74, 6) is -0.809. The molecule has 0 radical (unpaired) electrons. The molecule has 4 heteroatoms. The van der Waals surface area contributed by atoms with E-state index in [1.807, 2.05) is 97.9 Å². The largest absolute Gasteiger partial charge is 0.469 e. The molecule has 27 heavy (non-hydrogen) atoms. The SMILES string of the molecule is COC(=O)[C@H](C)[C@H](c1ccccc1)[Si](O)(c1ccccc1)c1ccccc1. The van der Waals surface area contributed by atoms with Gasteiger partial charge < -0.3 is 9.53 Å². The molecule has 0 aromatic heterocycles. The van der Waals surface area contributed by atoms with Crippen molar-refractivity contribution in [3.05, 3.63) is 96.6 Å². The molecule has 0 fully saturated rings. The third kappa shape index (κ3) is 3.72. The van der Waals surface area contributed by atoms with E-state index in [2.05, 4.69) is 0 Å². The quantitative estimate of drug-likeness (QED) is 0.532. The molecular formula is C23H24O3Si. The van der Waals surface area contributed by atoms with Crippen molar-refractivity contribution in [1.29, 1.82) is 0 Å². The van der Waals surface area contributed by atoms with Gasteiger partial charge in [-0.1, -0.05) is 97.9 Å². The molecule has 3 aromatic rings. The van der Waals surface area contributed by atoms with Crippen molar-refractivity contribution >= 4 is 24.7 Å². The van der Waals surface area contributed by atoms with Gasteiger partial charge in [0.1, 0.15) is 0 Å². The first-order chi connectivity index (χ1) is 13.1. The molecule has 0 aliphatic carbocycles. The van der Waals surface area contributed by atoms with Crippen LogP contribution >= 0.6 is 0 Å². The summed E-state index contributed by atoms with van der Waals surface area (Å²) in [6.07, 6.45) is 0. The van der Waals surface area contributed by atoms with Gasteiger partial charge in [-0.15, -0.1) is 0 Å². The van der Waals surface area contributed by atoms with Crippen LogP contribution in [0.5, 0.6) is 0 Å². The Morgan fingerprint density at radius 2 is 1.22 bits per heavy atom. The molecule has 3 aromatic carbocycles. The second-order valence-corrected chi connectivity index (χ2v) is 10.0. The first-order valence-electron chi connectivity index (χ1n) is 9.05. The standard InChI is InChI=1S/C23H24O3Si/c1-18(23(24)26-2)22(19-12-6-3-7-13-19)27(25,20-14-8-4-9-15-20)21-16-10-5-11-17-21/h3-18,22,25H,1-2H3/t18-,22-/m1/s1. The summed E-state index contributed by atoms with van der Waals surface area (Å²) in [6.45, 7) is 1.84. The van der Waals surface area contributed by atoms with Gasteiger partial charge in [0.2, 0.25) is 0 Å². The Labute approximate surface area is 161 Å². The van der Waals surface area contributed by atoms with Crippen molar-refractivity contribution in [3.63, 3.8) is 0 Å². The molecule has 0 saturated carbocycles. The van der Waals surface area contributed by atoms with Crippen molar-refractivity contribution in [2.75, 3.05) is 7.11 Å². The number of carbonyl (C=O) groups is 1. The van der Waals surface area contributed by atoms with Crippen molar-refractivity contribution in [2.45, 2.75) is 12.5 Å². The Balaban J connectivity index is 2.27. The molecule has 138 valence electrons. The van der Waals surface area contributed by atoms with Gasteiger partial charge >= 0.3 is 5.97 Å². The Morgan fingerprint density at radius 1 is 0.815 bits per heavy atom. The van der Waals surface area contributed by atoms with E-state index in [1.165, 1.54) is 7.11 Å². The zero-order valence-corrected chi connectivity index (χ0v) is 16.6. The summed E-state index contributed by atoms with van der Waals surface area (Å²) in [5, 5.41) is 1.75. The average molecular weight is 377 g/mol. The monoisotopic (exact) mass is 376 g/mol. The molecule has 0 unspecified atom stereocenters. The van der Waals surface area contributed by atoms with Crippen LogP contribution in [0.4, 0.5) is 0 Å². The van der Waals surface area contributed by atoms with Gasteiger partial charge in [-0.3, -0.25) is 4.79 Å². The second kappa shape index (κ2) is 8.33. The van der Waals surface area contributed by atoms with Crippen LogP contribution in [-0.2, 0) is 9.53 Å². The van der Waals surface area contributed by atoms with Gasteiger partial charge in [-0.25, -0.2) is 0 Å². The van der Waals surface area contributed by atoms with Crippen molar-refractivity contribution in [3.8, 4) is 0 Å². The number of hydrogen-bond acceptors (Lipinski definition) is 3. The van der Waals surface area contributed by atoms with Crippen LogP contribution in [0.1, 0.15) is 18.0 Å². The van der Waals surface area contributed by atoms with Crippen LogP contribution in [-0.4, -0.2) is 26.2 Å². The minimum Gasteiger partial charge on any atom is -0.469 e. The van der Waals surface area contributed by atoms with E-state index in [0.717, 1.165) is 15.9 Å². The lowest BCUT2D eigenvalue weighted by molar-refractivity contribution is -0.145. The highest BCUT2D eigenvalue weighted by Gasteiger charge is 2.49. The van der Waals surface area contributed by atoms with E-state index >= 15 is 0 Å². The lowest BCUT2D eigenvalue weighted by Crippen LogP contribution is -2.65. The number of rotatable bonds is 6. The highest BCUT2D eigenvalue weighted by molar-refractivity contribution is 6.97. The molecule has 0 aliphatic heterocycles. The van der Waals surface area contributed by atoms with Crippen LogP contribution in [0, 0.1) is 5.92 Å². The fraction of sp³-hybridized carbons (Fsp3) is 0.174. The number of hydrogen-bond donors (Lipinski definition) is 1. The summed E-state index contributed by atoms with van der Waals surface area (Å²) in [4.78, 5) is 24.8. The highest BCUT2D eigenvalue weighted by Crippen LogP contribution is 2.33. The number of ether oxygens (including phenoxy) is 1. The number of carbonyl (C=O) groups excluding carboxylic acids is 1. The molecule has 2 atom stereocenters. The molecule has 0 amide bonds. The molecule has 3 nitrogen and oxygen atoms in total. The first-order valence-corrected chi connectivity index (χ1v) is 11.1. The Morgan fingerprint density at radius 3 is 1.63 bits per heavy atom. The Kier molecular flexibility index (Phi) is 5.89. The maximum Gasteiger partial charge on any atom is 0.308 e. The summed E-state index contributed by atoms with van der Waals surface area (Å²) in [6, 6.07) is 29.2. The maximum absolute atomic E-state index is 12.5. The van der Waals surface area contributed by atoms with Crippen molar-refractivity contribution in [2.24, 2.45) is 5.92 Å². The zero-order chi connectivity index (χ0) is 19.3. The van der Waals surface area contributed by atoms with Gasteiger partial charge in [0.15, 0.2) is 0 Å². The van der Waals surface area contributed by atoms with Gasteiger partial charge in [0, 0.05) is 5.54 Å². The number of esters is 1. The molecule has 0 heterocycles. The number of benzene rings is 3. The fourth-order valence-corrected chi connectivity index (χ4v) is 7.77. The van der Waals surface area contributed by atoms with Gasteiger partial charge in [-0.05, 0) is 15.9 Å². The van der Waals surface area contributed by atoms with Gasteiger partial charge in [-0.2, -0.15) is 0 Å². The van der Waals surface area contributed by atoms with Crippen LogP contribution < -0.4 is 10.4 Å². The maximum atomic E-state index is 12.5. The minimum atomic E-state index is -3.31. The van der Waals surface area contributed by atoms with E-state index < -0.39 is 14.2 Å². The average Bonchev–Trinajstić information content (AvgIpc) is 2.75. The lowest BCUT2D eigenvalue weighted by Gasteiger charge is -2.37.